The molecule has 0 radical (unpaired) electrons. The van der Waals surface area contributed by atoms with E-state index in [0.717, 1.165) is 0 Å². The standard InChI is InChI=1S/C13H14ClN3O4/c14-10-2-1-8(5-9(10)12(19)20)16-13(21)17-4-3-7(6-17)11(15)18/h1-2,5,7H,3-4,6H2,(H2,15,18)(H,16,21)(H,19,20). The minimum Gasteiger partial charge on any atom is -0.478 e. The van der Waals surface area contributed by atoms with E-state index in [-0.39, 0.29) is 23.0 Å². The molecule has 0 aromatic heterocycles. The summed E-state index contributed by atoms with van der Waals surface area (Å²) in [4.78, 5) is 35.5. The van der Waals surface area contributed by atoms with Crippen molar-refractivity contribution >= 4 is 35.2 Å². The summed E-state index contributed by atoms with van der Waals surface area (Å²) >= 11 is 5.75. The number of anilines is 1. The van der Waals surface area contributed by atoms with Crippen LogP contribution < -0.4 is 11.1 Å². The third-order valence-corrected chi connectivity index (χ3v) is 3.66. The predicted molar refractivity (Wildman–Crippen MR) is 76.3 cm³/mol. The lowest BCUT2D eigenvalue weighted by atomic mass is 10.1. The van der Waals surface area contributed by atoms with Crippen LogP contribution in [0, 0.1) is 5.92 Å². The highest BCUT2D eigenvalue weighted by Gasteiger charge is 2.29. The maximum Gasteiger partial charge on any atom is 0.337 e. The first-order chi connectivity index (χ1) is 9.88. The summed E-state index contributed by atoms with van der Waals surface area (Å²) in [6.07, 6.45) is 0.531. The molecule has 7 nitrogen and oxygen atoms in total. The number of carbonyl (C=O) groups excluding carboxylic acids is 2. The van der Waals surface area contributed by atoms with Crippen LogP contribution in [0.3, 0.4) is 0 Å². The van der Waals surface area contributed by atoms with E-state index in [9.17, 15) is 14.4 Å². The number of nitrogens with one attached hydrogen (secondary N) is 1. The van der Waals surface area contributed by atoms with E-state index in [4.69, 9.17) is 22.4 Å². The highest BCUT2D eigenvalue weighted by atomic mass is 35.5. The lowest BCUT2D eigenvalue weighted by molar-refractivity contribution is -0.121. The number of primary amides is 1. The van der Waals surface area contributed by atoms with E-state index in [2.05, 4.69) is 5.32 Å². The molecule has 3 amide bonds. The lowest BCUT2D eigenvalue weighted by Crippen LogP contribution is -2.34. The molecule has 1 unspecified atom stereocenters. The first kappa shape index (κ1) is 15.1. The van der Waals surface area contributed by atoms with Crippen LogP contribution in [0.5, 0.6) is 0 Å². The van der Waals surface area contributed by atoms with Crippen molar-refractivity contribution in [1.82, 2.24) is 4.90 Å². The molecular formula is C13H14ClN3O4. The van der Waals surface area contributed by atoms with E-state index in [1.54, 1.807) is 0 Å². The molecule has 0 bridgehead atoms. The van der Waals surface area contributed by atoms with Gasteiger partial charge in [0.05, 0.1) is 16.5 Å². The largest absolute Gasteiger partial charge is 0.478 e. The fourth-order valence-corrected chi connectivity index (χ4v) is 2.34. The van der Waals surface area contributed by atoms with Gasteiger partial charge in [-0.2, -0.15) is 0 Å². The van der Waals surface area contributed by atoms with E-state index in [0.29, 0.717) is 18.7 Å². The number of nitrogens with two attached hydrogens (primary N) is 1. The Balaban J connectivity index is 2.05. The molecule has 1 saturated heterocycles. The Labute approximate surface area is 125 Å². The zero-order valence-electron chi connectivity index (χ0n) is 11.0. The van der Waals surface area contributed by atoms with Gasteiger partial charge in [0.2, 0.25) is 5.91 Å². The van der Waals surface area contributed by atoms with Crippen LogP contribution in [0.4, 0.5) is 10.5 Å². The smallest absolute Gasteiger partial charge is 0.337 e. The number of carboxylic acid groups (broad SMARTS) is 1. The van der Waals surface area contributed by atoms with Gasteiger partial charge in [0.15, 0.2) is 0 Å². The third kappa shape index (κ3) is 3.43. The molecule has 1 aromatic rings. The van der Waals surface area contributed by atoms with Gasteiger partial charge < -0.3 is 21.1 Å². The second-order valence-corrected chi connectivity index (χ2v) is 5.17. The molecule has 21 heavy (non-hydrogen) atoms. The number of urea groups is 1. The normalized spacial score (nSPS) is 17.6. The number of aromatic carboxylic acids is 1. The summed E-state index contributed by atoms with van der Waals surface area (Å²) < 4.78 is 0. The number of carbonyl (C=O) groups is 3. The van der Waals surface area contributed by atoms with Crippen LogP contribution in [0.15, 0.2) is 18.2 Å². The molecule has 0 saturated carbocycles. The molecule has 1 aromatic carbocycles. The first-order valence-corrected chi connectivity index (χ1v) is 6.64. The molecule has 1 heterocycles. The summed E-state index contributed by atoms with van der Waals surface area (Å²) in [5.74, 6) is -1.94. The average Bonchev–Trinajstić information content (AvgIpc) is 2.90. The summed E-state index contributed by atoms with van der Waals surface area (Å²) in [5, 5.41) is 11.6. The van der Waals surface area contributed by atoms with Gasteiger partial charge in [-0.3, -0.25) is 4.79 Å². The molecule has 0 aliphatic carbocycles. The number of hydrogen-bond acceptors (Lipinski definition) is 3. The van der Waals surface area contributed by atoms with Gasteiger partial charge in [0, 0.05) is 18.8 Å². The SMILES string of the molecule is NC(=O)C1CCN(C(=O)Nc2ccc(Cl)c(C(=O)O)c2)C1. The van der Waals surface area contributed by atoms with Crippen LogP contribution in [-0.2, 0) is 4.79 Å². The Morgan fingerprint density at radius 3 is 2.67 bits per heavy atom. The molecule has 1 fully saturated rings. The van der Waals surface area contributed by atoms with Crippen LogP contribution in [0.25, 0.3) is 0 Å². The van der Waals surface area contributed by atoms with Crippen molar-refractivity contribution in [2.75, 3.05) is 18.4 Å². The molecule has 4 N–H and O–H groups in total. The molecular weight excluding hydrogens is 298 g/mol. The summed E-state index contributed by atoms with van der Waals surface area (Å²) in [6, 6.07) is 3.78. The topological polar surface area (TPSA) is 113 Å². The zero-order valence-corrected chi connectivity index (χ0v) is 11.8. The minimum absolute atomic E-state index is 0.0918. The molecule has 0 spiro atoms. The fourth-order valence-electron chi connectivity index (χ4n) is 2.15. The van der Waals surface area contributed by atoms with E-state index in [1.165, 1.54) is 23.1 Å². The maximum atomic E-state index is 12.0. The number of halogens is 1. The number of rotatable bonds is 3. The summed E-state index contributed by atoms with van der Waals surface area (Å²) in [7, 11) is 0. The van der Waals surface area contributed by atoms with Gasteiger partial charge in [-0.05, 0) is 24.6 Å². The summed E-state index contributed by atoms with van der Waals surface area (Å²) in [6.45, 7) is 0.694. The maximum absolute atomic E-state index is 12.0. The monoisotopic (exact) mass is 311 g/mol. The van der Waals surface area contributed by atoms with Crippen LogP contribution >= 0.6 is 11.6 Å². The van der Waals surface area contributed by atoms with Crippen LogP contribution in [0.2, 0.25) is 5.02 Å². The molecule has 2 rings (SSSR count). The molecule has 8 heteroatoms. The zero-order chi connectivity index (χ0) is 15.6. The Morgan fingerprint density at radius 1 is 1.38 bits per heavy atom. The number of amides is 3. The van der Waals surface area contributed by atoms with E-state index < -0.39 is 17.9 Å². The Bertz CT molecular complexity index is 605. The third-order valence-electron chi connectivity index (χ3n) is 3.33. The first-order valence-electron chi connectivity index (χ1n) is 6.26. The van der Waals surface area contributed by atoms with Crippen molar-refractivity contribution in [3.05, 3.63) is 28.8 Å². The minimum atomic E-state index is -1.17. The second-order valence-electron chi connectivity index (χ2n) is 4.76. The van der Waals surface area contributed by atoms with Gasteiger partial charge >= 0.3 is 12.0 Å². The van der Waals surface area contributed by atoms with Crippen LogP contribution in [-0.4, -0.2) is 41.0 Å². The second kappa shape index (κ2) is 6.01. The van der Waals surface area contributed by atoms with Gasteiger partial charge in [-0.15, -0.1) is 0 Å². The number of likely N-dealkylation sites (tertiary alicyclic amines) is 1. The fraction of sp³-hybridized carbons (Fsp3) is 0.308. The van der Waals surface area contributed by atoms with Crippen molar-refractivity contribution in [2.45, 2.75) is 6.42 Å². The predicted octanol–water partition coefficient (Wildman–Crippen LogP) is 1.38. The molecule has 112 valence electrons. The number of nitrogens with zero attached hydrogens (tertiary/aromatic N) is 1. The summed E-state index contributed by atoms with van der Waals surface area (Å²) in [5.41, 5.74) is 5.44. The quantitative estimate of drug-likeness (QED) is 0.782. The van der Waals surface area contributed by atoms with Crippen molar-refractivity contribution in [3.8, 4) is 0 Å². The Morgan fingerprint density at radius 2 is 2.10 bits per heavy atom. The van der Waals surface area contributed by atoms with Crippen molar-refractivity contribution in [1.29, 1.82) is 0 Å². The van der Waals surface area contributed by atoms with Crippen molar-refractivity contribution < 1.29 is 19.5 Å². The molecule has 1 atom stereocenters. The van der Waals surface area contributed by atoms with Gasteiger partial charge in [-0.1, -0.05) is 11.6 Å². The number of carboxylic acids is 1. The van der Waals surface area contributed by atoms with E-state index in [1.807, 2.05) is 0 Å². The van der Waals surface area contributed by atoms with Gasteiger partial charge in [0.25, 0.3) is 0 Å². The molecule has 1 aliphatic rings. The number of benzene rings is 1. The highest BCUT2D eigenvalue weighted by molar-refractivity contribution is 6.33. The Hall–Kier alpha value is -2.28. The lowest BCUT2D eigenvalue weighted by Gasteiger charge is -2.17. The Kier molecular flexibility index (Phi) is 4.32. The van der Waals surface area contributed by atoms with Gasteiger partial charge in [-0.25, -0.2) is 9.59 Å². The van der Waals surface area contributed by atoms with Crippen LogP contribution in [0.1, 0.15) is 16.8 Å². The van der Waals surface area contributed by atoms with Crippen molar-refractivity contribution in [3.63, 3.8) is 0 Å². The van der Waals surface area contributed by atoms with Crippen molar-refractivity contribution in [2.24, 2.45) is 11.7 Å². The number of hydrogen-bond donors (Lipinski definition) is 3. The van der Waals surface area contributed by atoms with Gasteiger partial charge in [0.1, 0.15) is 0 Å². The average molecular weight is 312 g/mol. The van der Waals surface area contributed by atoms with E-state index >= 15 is 0 Å². The molecule has 1 aliphatic heterocycles. The highest BCUT2D eigenvalue weighted by Crippen LogP contribution is 2.22.